The van der Waals surface area contributed by atoms with Crippen LogP contribution in [-0.2, 0) is 6.42 Å². The van der Waals surface area contributed by atoms with Crippen LogP contribution in [0.2, 0.25) is 0 Å². The third kappa shape index (κ3) is 9.27. The largest absolute Gasteiger partial charge is 0.497 e. The van der Waals surface area contributed by atoms with Gasteiger partial charge in [0.1, 0.15) is 5.75 Å². The van der Waals surface area contributed by atoms with Crippen molar-refractivity contribution < 1.29 is 17.9 Å². The van der Waals surface area contributed by atoms with Crippen molar-refractivity contribution >= 4 is 5.96 Å². The van der Waals surface area contributed by atoms with Gasteiger partial charge in [-0.1, -0.05) is 12.1 Å². The van der Waals surface area contributed by atoms with Crippen LogP contribution in [0.25, 0.3) is 0 Å². The number of guanidine groups is 1. The molecule has 7 heteroatoms. The van der Waals surface area contributed by atoms with Crippen LogP contribution in [0.1, 0.15) is 31.7 Å². The molecule has 0 fully saturated rings. The van der Waals surface area contributed by atoms with E-state index >= 15 is 0 Å². The molecule has 0 amide bonds. The van der Waals surface area contributed by atoms with Gasteiger partial charge in [0.05, 0.1) is 7.11 Å². The molecule has 0 aliphatic carbocycles. The second-order valence-electron chi connectivity index (χ2n) is 5.36. The maximum absolute atomic E-state index is 12.1. The first kappa shape index (κ1) is 20.1. The van der Waals surface area contributed by atoms with Crippen LogP contribution in [0.4, 0.5) is 13.2 Å². The van der Waals surface area contributed by atoms with E-state index in [2.05, 4.69) is 15.6 Å². The first-order chi connectivity index (χ1) is 11.4. The second kappa shape index (κ2) is 10.8. The third-order valence-corrected chi connectivity index (χ3v) is 3.35. The van der Waals surface area contributed by atoms with E-state index < -0.39 is 12.6 Å². The quantitative estimate of drug-likeness (QED) is 0.409. The van der Waals surface area contributed by atoms with Crippen molar-refractivity contribution in [3.63, 3.8) is 0 Å². The molecule has 0 atom stereocenters. The Bertz CT molecular complexity index is 487. The normalized spacial score (nSPS) is 12.1. The third-order valence-electron chi connectivity index (χ3n) is 3.35. The van der Waals surface area contributed by atoms with E-state index in [0.29, 0.717) is 32.0 Å². The van der Waals surface area contributed by atoms with Gasteiger partial charge in [0.2, 0.25) is 0 Å². The number of ether oxygens (including phenoxy) is 1. The van der Waals surface area contributed by atoms with E-state index in [1.165, 1.54) is 5.56 Å². The molecule has 136 valence electrons. The maximum atomic E-state index is 12.1. The van der Waals surface area contributed by atoms with Gasteiger partial charge in [-0.15, -0.1) is 0 Å². The molecular weight excluding hydrogens is 319 g/mol. The molecule has 0 bridgehead atoms. The molecule has 4 nitrogen and oxygen atoms in total. The first-order valence-electron chi connectivity index (χ1n) is 8.16. The van der Waals surface area contributed by atoms with E-state index in [0.717, 1.165) is 12.2 Å². The van der Waals surface area contributed by atoms with Crippen LogP contribution >= 0.6 is 0 Å². The van der Waals surface area contributed by atoms with Crippen molar-refractivity contribution in [3.05, 3.63) is 29.8 Å². The van der Waals surface area contributed by atoms with Gasteiger partial charge in [-0.25, -0.2) is 0 Å². The number of methoxy groups -OCH3 is 1. The lowest BCUT2D eigenvalue weighted by Gasteiger charge is -2.11. The number of aliphatic imine (C=N–C) groups is 1. The van der Waals surface area contributed by atoms with Crippen LogP contribution in [0, 0.1) is 0 Å². The Kier molecular flexibility index (Phi) is 9.04. The summed E-state index contributed by atoms with van der Waals surface area (Å²) in [6, 6.07) is 7.83. The first-order valence-corrected chi connectivity index (χ1v) is 8.16. The number of hydrogen-bond acceptors (Lipinski definition) is 2. The van der Waals surface area contributed by atoms with Crippen molar-refractivity contribution in [2.75, 3.05) is 26.7 Å². The molecule has 1 aromatic rings. The van der Waals surface area contributed by atoms with Crippen molar-refractivity contribution in [1.82, 2.24) is 10.6 Å². The van der Waals surface area contributed by atoms with Gasteiger partial charge in [-0.05, 0) is 43.9 Å². The number of rotatable bonds is 9. The summed E-state index contributed by atoms with van der Waals surface area (Å²) in [5, 5.41) is 6.28. The highest BCUT2D eigenvalue weighted by Gasteiger charge is 2.25. The van der Waals surface area contributed by atoms with Gasteiger partial charge in [0, 0.05) is 26.1 Å². The summed E-state index contributed by atoms with van der Waals surface area (Å²) >= 11 is 0. The highest BCUT2D eigenvalue weighted by Crippen LogP contribution is 2.21. The molecule has 0 unspecified atom stereocenters. The molecular formula is C17H26F3N3O. The molecule has 0 aromatic heterocycles. The SMILES string of the molecule is CCNC(=NCCCCC(F)(F)F)NCCc1ccc(OC)cc1. The number of nitrogens with one attached hydrogen (secondary N) is 2. The van der Waals surface area contributed by atoms with E-state index in [-0.39, 0.29) is 6.42 Å². The van der Waals surface area contributed by atoms with Crippen molar-refractivity contribution in [2.24, 2.45) is 4.99 Å². The monoisotopic (exact) mass is 345 g/mol. The van der Waals surface area contributed by atoms with Crippen LogP contribution in [-0.4, -0.2) is 38.9 Å². The van der Waals surface area contributed by atoms with Crippen LogP contribution in [0.5, 0.6) is 5.75 Å². The fourth-order valence-electron chi connectivity index (χ4n) is 2.09. The fraction of sp³-hybridized carbons (Fsp3) is 0.588. The number of hydrogen-bond donors (Lipinski definition) is 2. The zero-order valence-electron chi connectivity index (χ0n) is 14.2. The molecule has 0 spiro atoms. The predicted molar refractivity (Wildman–Crippen MR) is 90.6 cm³/mol. The summed E-state index contributed by atoms with van der Waals surface area (Å²) in [6.45, 7) is 3.73. The Morgan fingerprint density at radius 1 is 1.12 bits per heavy atom. The zero-order chi connectivity index (χ0) is 17.8. The van der Waals surface area contributed by atoms with Gasteiger partial charge in [-0.3, -0.25) is 4.99 Å². The van der Waals surface area contributed by atoms with Crippen LogP contribution < -0.4 is 15.4 Å². The van der Waals surface area contributed by atoms with Gasteiger partial charge in [-0.2, -0.15) is 13.2 Å². The van der Waals surface area contributed by atoms with E-state index in [4.69, 9.17) is 4.74 Å². The standard InChI is InChI=1S/C17H26F3N3O/c1-3-21-16(22-12-5-4-11-17(18,19)20)23-13-10-14-6-8-15(24-2)9-7-14/h6-9H,3-5,10-13H2,1-2H3,(H2,21,22,23). The Morgan fingerprint density at radius 2 is 1.83 bits per heavy atom. The van der Waals surface area contributed by atoms with E-state index in [1.54, 1.807) is 7.11 Å². The van der Waals surface area contributed by atoms with Gasteiger partial charge >= 0.3 is 6.18 Å². The number of alkyl halides is 3. The molecule has 1 rings (SSSR count). The molecule has 0 aliphatic heterocycles. The highest BCUT2D eigenvalue weighted by molar-refractivity contribution is 5.79. The number of unbranched alkanes of at least 4 members (excludes halogenated alkanes) is 1. The molecule has 2 N–H and O–H groups in total. The smallest absolute Gasteiger partial charge is 0.389 e. The molecule has 0 saturated heterocycles. The summed E-state index contributed by atoms with van der Waals surface area (Å²) in [4.78, 5) is 4.30. The van der Waals surface area contributed by atoms with E-state index in [9.17, 15) is 13.2 Å². The lowest BCUT2D eigenvalue weighted by molar-refractivity contribution is -0.135. The molecule has 1 aromatic carbocycles. The molecule has 0 radical (unpaired) electrons. The average molecular weight is 345 g/mol. The fourth-order valence-corrected chi connectivity index (χ4v) is 2.09. The number of nitrogens with zero attached hydrogens (tertiary/aromatic N) is 1. The predicted octanol–water partition coefficient (Wildman–Crippen LogP) is 3.53. The second-order valence-corrected chi connectivity index (χ2v) is 5.36. The summed E-state index contributed by atoms with van der Waals surface area (Å²) in [5.41, 5.74) is 1.17. The van der Waals surface area contributed by atoms with Crippen molar-refractivity contribution in [3.8, 4) is 5.75 Å². The average Bonchev–Trinajstić information content (AvgIpc) is 2.54. The van der Waals surface area contributed by atoms with Gasteiger partial charge in [0.15, 0.2) is 5.96 Å². The number of halogens is 3. The summed E-state index contributed by atoms with van der Waals surface area (Å²) in [6.07, 6.45) is -3.47. The van der Waals surface area contributed by atoms with E-state index in [1.807, 2.05) is 31.2 Å². The maximum Gasteiger partial charge on any atom is 0.389 e. The summed E-state index contributed by atoms with van der Waals surface area (Å²) in [5.74, 6) is 1.46. The molecule has 0 heterocycles. The minimum atomic E-state index is -4.08. The Balaban J connectivity index is 2.32. The highest BCUT2D eigenvalue weighted by atomic mass is 19.4. The van der Waals surface area contributed by atoms with Crippen LogP contribution in [0.15, 0.2) is 29.3 Å². The van der Waals surface area contributed by atoms with Crippen LogP contribution in [0.3, 0.4) is 0 Å². The number of benzene rings is 1. The Hall–Kier alpha value is -1.92. The summed E-state index contributed by atoms with van der Waals surface area (Å²) < 4.78 is 41.3. The minimum Gasteiger partial charge on any atom is -0.497 e. The van der Waals surface area contributed by atoms with Crippen molar-refractivity contribution in [2.45, 2.75) is 38.8 Å². The van der Waals surface area contributed by atoms with Gasteiger partial charge < -0.3 is 15.4 Å². The lowest BCUT2D eigenvalue weighted by atomic mass is 10.1. The lowest BCUT2D eigenvalue weighted by Crippen LogP contribution is -2.38. The topological polar surface area (TPSA) is 45.7 Å². The zero-order valence-corrected chi connectivity index (χ0v) is 14.2. The molecule has 0 saturated carbocycles. The Labute approximate surface area is 141 Å². The van der Waals surface area contributed by atoms with Crippen molar-refractivity contribution in [1.29, 1.82) is 0 Å². The van der Waals surface area contributed by atoms with Gasteiger partial charge in [0.25, 0.3) is 0 Å². The Morgan fingerprint density at radius 3 is 2.42 bits per heavy atom. The minimum absolute atomic E-state index is 0.109. The molecule has 0 aliphatic rings. The molecule has 24 heavy (non-hydrogen) atoms. The summed E-state index contributed by atoms with van der Waals surface area (Å²) in [7, 11) is 1.63.